The van der Waals surface area contributed by atoms with Gasteiger partial charge in [0.25, 0.3) is 0 Å². The molecule has 0 bridgehead atoms. The standard InChI is InChI=1S/C27H40N3O2.3CHO.Re/c1-32-27-13-7-5-11-25(27)23-14-19-29(20-15-23)17-8-2-3-9-18-30(21-16-28)22-24-10-4-6-12-26(24)31;3*1-2;/h4-7,10-13,23,28,31H,2-3,8-9,14-22H2,1H3;3*1H;/q4*-1;. The topological polar surface area (TPSA) is 111 Å². The van der Waals surface area contributed by atoms with Crippen molar-refractivity contribution in [3.05, 3.63) is 65.4 Å². The van der Waals surface area contributed by atoms with Crippen LogP contribution < -0.4 is 4.74 Å². The second-order valence-electron chi connectivity index (χ2n) is 8.93. The summed E-state index contributed by atoms with van der Waals surface area (Å²) in [6.07, 6.45) is 7.34. The number of nitrogens with one attached hydrogen (secondary N) is 1. The van der Waals surface area contributed by atoms with Crippen molar-refractivity contribution in [2.75, 3.05) is 46.4 Å². The Balaban J connectivity index is 0. The maximum Gasteiger partial charge on any atom is 0.122 e. The minimum Gasteiger partial charge on any atom is -0.676 e. The number of benzene rings is 2. The van der Waals surface area contributed by atoms with Crippen LogP contribution in [0.3, 0.4) is 0 Å². The van der Waals surface area contributed by atoms with Gasteiger partial charge in [0.1, 0.15) is 11.5 Å². The van der Waals surface area contributed by atoms with Crippen molar-refractivity contribution < 1.29 is 44.6 Å². The molecule has 1 fully saturated rings. The van der Waals surface area contributed by atoms with Gasteiger partial charge >= 0.3 is 0 Å². The van der Waals surface area contributed by atoms with Gasteiger partial charge in [0.2, 0.25) is 0 Å². The zero-order valence-corrected chi connectivity index (χ0v) is 25.7. The van der Waals surface area contributed by atoms with Gasteiger partial charge in [0.15, 0.2) is 0 Å². The van der Waals surface area contributed by atoms with E-state index in [2.05, 4.69) is 54.4 Å². The molecular formula is C30H43N3O5Re-4. The van der Waals surface area contributed by atoms with Crippen molar-refractivity contribution in [2.24, 2.45) is 0 Å². The fourth-order valence-corrected chi connectivity index (χ4v) is 4.81. The number of methoxy groups -OCH3 is 1. The molecule has 39 heavy (non-hydrogen) atoms. The number of hydrogen-bond donors (Lipinski definition) is 1. The van der Waals surface area contributed by atoms with Crippen LogP contribution in [0.1, 0.15) is 55.6 Å². The summed E-state index contributed by atoms with van der Waals surface area (Å²) in [5.74, 6) is 2.01. The van der Waals surface area contributed by atoms with Gasteiger partial charge in [0, 0.05) is 32.5 Å². The molecule has 1 aliphatic heterocycles. The monoisotopic (exact) mass is 712 g/mol. The van der Waals surface area contributed by atoms with Gasteiger partial charge in [-0.15, -0.1) is 6.54 Å². The number of phenolic OH excluding ortho intramolecular Hbond substituents is 1. The zero-order valence-electron chi connectivity index (χ0n) is 23.0. The zero-order chi connectivity index (χ0) is 28.6. The van der Waals surface area contributed by atoms with Crippen molar-refractivity contribution in [3.8, 4) is 11.5 Å². The summed E-state index contributed by atoms with van der Waals surface area (Å²) in [5.41, 5.74) is 9.91. The number of likely N-dealkylation sites (tertiary alicyclic amines) is 1. The Labute approximate surface area is 248 Å². The molecule has 1 radical (unpaired) electrons. The van der Waals surface area contributed by atoms with Gasteiger partial charge in [0.05, 0.1) is 7.11 Å². The fraction of sp³-hybridized carbons (Fsp3) is 0.500. The number of piperidine rings is 1. The van der Waals surface area contributed by atoms with Crippen molar-refractivity contribution in [3.63, 3.8) is 0 Å². The van der Waals surface area contributed by atoms with Crippen molar-refractivity contribution in [2.45, 2.75) is 51.0 Å². The molecule has 0 aromatic heterocycles. The Hall–Kier alpha value is -2.41. The average molecular weight is 712 g/mol. The number of carbonyl (C=O) groups excluding carboxylic acids is 3. The molecule has 1 heterocycles. The van der Waals surface area contributed by atoms with Gasteiger partial charge < -0.3 is 39.8 Å². The summed E-state index contributed by atoms with van der Waals surface area (Å²) in [4.78, 5) is 28.2. The molecule has 2 aromatic carbocycles. The first-order chi connectivity index (χ1) is 18.7. The molecule has 1 aliphatic rings. The predicted octanol–water partition coefficient (Wildman–Crippen LogP) is 4.87. The molecule has 0 amide bonds. The van der Waals surface area contributed by atoms with E-state index >= 15 is 0 Å². The van der Waals surface area contributed by atoms with Crippen molar-refractivity contribution in [1.29, 1.82) is 0 Å². The summed E-state index contributed by atoms with van der Waals surface area (Å²) in [7, 11) is 1.77. The van der Waals surface area contributed by atoms with Gasteiger partial charge in [-0.1, -0.05) is 49.2 Å². The van der Waals surface area contributed by atoms with Crippen LogP contribution in [-0.2, 0) is 41.4 Å². The summed E-state index contributed by atoms with van der Waals surface area (Å²) >= 11 is 0. The molecule has 1 saturated heterocycles. The molecule has 0 aliphatic carbocycles. The molecule has 219 valence electrons. The van der Waals surface area contributed by atoms with E-state index in [4.69, 9.17) is 24.9 Å². The molecule has 9 heteroatoms. The SMILES string of the molecule is COc1ccccc1C1CCN(CCCCCCN(CC[NH-])Cc2ccccc2O)CC1.[CH-]=O.[CH-]=O.[CH-]=O.[Re]. The van der Waals surface area contributed by atoms with E-state index in [1.807, 2.05) is 18.2 Å². The molecule has 2 N–H and O–H groups in total. The van der Waals surface area contributed by atoms with E-state index in [-0.39, 0.29) is 20.4 Å². The van der Waals surface area contributed by atoms with Gasteiger partial charge in [-0.2, -0.15) is 0 Å². The van der Waals surface area contributed by atoms with E-state index < -0.39 is 0 Å². The number of unbranched alkanes of at least 4 members (excludes halogenated alkanes) is 3. The largest absolute Gasteiger partial charge is 0.676 e. The molecule has 0 atom stereocenters. The minimum absolute atomic E-state index is 0. The van der Waals surface area contributed by atoms with Crippen LogP contribution in [0.15, 0.2) is 48.5 Å². The molecule has 0 spiro atoms. The maximum absolute atomic E-state index is 10.0. The van der Waals surface area contributed by atoms with Crippen LogP contribution in [0.5, 0.6) is 11.5 Å². The third-order valence-electron chi connectivity index (χ3n) is 6.68. The average Bonchev–Trinajstić information content (AvgIpc) is 2.99. The summed E-state index contributed by atoms with van der Waals surface area (Å²) in [6, 6.07) is 16.0. The third-order valence-corrected chi connectivity index (χ3v) is 6.68. The molecule has 2 aromatic rings. The normalized spacial score (nSPS) is 12.9. The van der Waals surface area contributed by atoms with Crippen LogP contribution in [0.2, 0.25) is 0 Å². The van der Waals surface area contributed by atoms with Crippen LogP contribution in [-0.4, -0.2) is 81.7 Å². The number of rotatable bonds is 13. The van der Waals surface area contributed by atoms with Gasteiger partial charge in [-0.05, 0) is 82.0 Å². The molecule has 8 nitrogen and oxygen atoms in total. The van der Waals surface area contributed by atoms with Crippen LogP contribution in [0.4, 0.5) is 0 Å². The molecular weight excluding hydrogens is 669 g/mol. The van der Waals surface area contributed by atoms with Crippen molar-refractivity contribution in [1.82, 2.24) is 9.80 Å². The van der Waals surface area contributed by atoms with Gasteiger partial charge in [-0.25, -0.2) is 0 Å². The summed E-state index contributed by atoms with van der Waals surface area (Å²) in [5, 5.41) is 10.0. The first kappa shape index (κ1) is 38.7. The Morgan fingerprint density at radius 1 is 0.897 bits per heavy atom. The number of hydrogen-bond acceptors (Lipinski definition) is 7. The first-order valence-corrected chi connectivity index (χ1v) is 12.9. The Morgan fingerprint density at radius 3 is 2.10 bits per heavy atom. The maximum atomic E-state index is 10.0. The number of para-hydroxylation sites is 2. The Morgan fingerprint density at radius 2 is 1.49 bits per heavy atom. The molecule has 0 unspecified atom stereocenters. The van der Waals surface area contributed by atoms with Crippen LogP contribution >= 0.6 is 0 Å². The second kappa shape index (κ2) is 25.8. The third kappa shape index (κ3) is 15.1. The summed E-state index contributed by atoms with van der Waals surface area (Å²) < 4.78 is 5.56. The Kier molecular flexibility index (Phi) is 25.7. The number of nitrogens with zero attached hydrogens (tertiary/aromatic N) is 2. The van der Waals surface area contributed by atoms with E-state index in [1.165, 1.54) is 57.3 Å². The van der Waals surface area contributed by atoms with Gasteiger partial charge in [-0.3, -0.25) is 20.4 Å². The smallest absolute Gasteiger partial charge is 0.122 e. The predicted molar refractivity (Wildman–Crippen MR) is 153 cm³/mol. The summed E-state index contributed by atoms with van der Waals surface area (Å²) in [6.45, 7) is 16.2. The number of phenols is 1. The van der Waals surface area contributed by atoms with Crippen LogP contribution in [0, 0.1) is 0 Å². The number of aromatic hydroxyl groups is 1. The minimum atomic E-state index is 0. The van der Waals surface area contributed by atoms with Crippen molar-refractivity contribution >= 4 is 20.4 Å². The first-order valence-electron chi connectivity index (χ1n) is 12.9. The molecule has 3 rings (SSSR count). The van der Waals surface area contributed by atoms with E-state index in [0.29, 0.717) is 18.2 Å². The number of ether oxygens (including phenoxy) is 1. The Bertz CT molecular complexity index is 848. The fourth-order valence-electron chi connectivity index (χ4n) is 4.81. The van der Waals surface area contributed by atoms with E-state index in [1.54, 1.807) is 13.2 Å². The second-order valence-corrected chi connectivity index (χ2v) is 8.93. The van der Waals surface area contributed by atoms with E-state index in [9.17, 15) is 5.11 Å². The molecule has 0 saturated carbocycles. The van der Waals surface area contributed by atoms with Crippen LogP contribution in [0.25, 0.3) is 5.73 Å². The van der Waals surface area contributed by atoms with E-state index in [0.717, 1.165) is 37.4 Å². The quantitative estimate of drug-likeness (QED) is 0.179.